The molecule has 0 aromatic heterocycles. The summed E-state index contributed by atoms with van der Waals surface area (Å²) in [6.45, 7) is 8.74. The molecule has 2 heterocycles. The lowest BCUT2D eigenvalue weighted by molar-refractivity contribution is 0.254. The minimum Gasteiger partial charge on any atom is -0.356 e. The van der Waals surface area contributed by atoms with Gasteiger partial charge in [0.1, 0.15) is 0 Å². The van der Waals surface area contributed by atoms with Gasteiger partial charge in [-0.15, -0.1) is 0 Å². The number of nitrogens with one attached hydrogen (secondary N) is 2. The first-order valence-corrected chi connectivity index (χ1v) is 8.53. The third-order valence-corrected chi connectivity index (χ3v) is 4.77. The molecule has 22 heavy (non-hydrogen) atoms. The van der Waals surface area contributed by atoms with Gasteiger partial charge in [0.05, 0.1) is 6.54 Å². The molecular formula is C18H28N4. The fraction of sp³-hybridized carbons (Fsp3) is 0.611. The van der Waals surface area contributed by atoms with E-state index in [1.807, 2.05) is 0 Å². The maximum atomic E-state index is 4.45. The highest BCUT2D eigenvalue weighted by molar-refractivity contribution is 5.81. The number of rotatable bonds is 5. The molecule has 3 rings (SSSR count). The second-order valence-corrected chi connectivity index (χ2v) is 6.82. The van der Waals surface area contributed by atoms with Crippen LogP contribution in [0.4, 0.5) is 0 Å². The molecule has 1 aromatic carbocycles. The summed E-state index contributed by atoms with van der Waals surface area (Å²) in [7, 11) is 0. The fourth-order valence-electron chi connectivity index (χ4n) is 3.52. The van der Waals surface area contributed by atoms with Gasteiger partial charge in [-0.1, -0.05) is 30.3 Å². The van der Waals surface area contributed by atoms with Crippen molar-refractivity contribution in [1.82, 2.24) is 15.5 Å². The monoisotopic (exact) mass is 300 g/mol. The maximum Gasteiger partial charge on any atom is 0.191 e. The number of hydrogen-bond acceptors (Lipinski definition) is 4. The largest absolute Gasteiger partial charge is 0.356 e. The number of hydrogen-bond donors (Lipinski definition) is 2. The molecule has 0 aliphatic carbocycles. The molecule has 0 radical (unpaired) electrons. The summed E-state index contributed by atoms with van der Waals surface area (Å²) < 4.78 is 0. The molecule has 2 aliphatic rings. The van der Waals surface area contributed by atoms with E-state index >= 15 is 0 Å². The Hall–Kier alpha value is -1.55. The van der Waals surface area contributed by atoms with Gasteiger partial charge in [-0.2, -0.15) is 0 Å². The molecule has 2 N–H and O–H groups in total. The van der Waals surface area contributed by atoms with Crippen molar-refractivity contribution in [2.45, 2.75) is 45.3 Å². The predicted molar refractivity (Wildman–Crippen MR) is 91.9 cm³/mol. The number of likely N-dealkylation sites (tertiary alicyclic amines) is 1. The molecule has 120 valence electrons. The zero-order valence-corrected chi connectivity index (χ0v) is 13.8. The van der Waals surface area contributed by atoms with Crippen LogP contribution in [0.25, 0.3) is 0 Å². The molecule has 1 saturated heterocycles. The van der Waals surface area contributed by atoms with Crippen LogP contribution >= 0.6 is 0 Å². The van der Waals surface area contributed by atoms with Crippen molar-refractivity contribution in [3.8, 4) is 0 Å². The van der Waals surface area contributed by atoms with E-state index in [0.717, 1.165) is 31.5 Å². The van der Waals surface area contributed by atoms with Crippen LogP contribution in [0, 0.1) is 5.92 Å². The standard InChI is InChI=1S/C18H28N4/c1-14-11-20-18(21-14)19-9-8-17-10-15(2)22(13-17)12-16-6-4-3-5-7-16/h3-7,14-15,17H,8-13H2,1-2H3,(H2,19,20,21). The van der Waals surface area contributed by atoms with Crippen LogP contribution in [0.3, 0.4) is 0 Å². The highest BCUT2D eigenvalue weighted by Gasteiger charge is 2.28. The highest BCUT2D eigenvalue weighted by atomic mass is 15.2. The van der Waals surface area contributed by atoms with E-state index < -0.39 is 0 Å². The molecule has 1 aromatic rings. The Balaban J connectivity index is 1.41. The first-order chi connectivity index (χ1) is 10.7. The number of benzene rings is 1. The fourth-order valence-corrected chi connectivity index (χ4v) is 3.52. The summed E-state index contributed by atoms with van der Waals surface area (Å²) in [4.78, 5) is 7.07. The smallest absolute Gasteiger partial charge is 0.191 e. The van der Waals surface area contributed by atoms with E-state index in [4.69, 9.17) is 0 Å². The average molecular weight is 300 g/mol. The van der Waals surface area contributed by atoms with Crippen LogP contribution < -0.4 is 10.6 Å². The van der Waals surface area contributed by atoms with Crippen LogP contribution in [0.15, 0.2) is 35.3 Å². The quantitative estimate of drug-likeness (QED) is 0.876. The van der Waals surface area contributed by atoms with Crippen molar-refractivity contribution in [2.24, 2.45) is 10.9 Å². The van der Waals surface area contributed by atoms with Crippen molar-refractivity contribution in [3.05, 3.63) is 35.9 Å². The van der Waals surface area contributed by atoms with Gasteiger partial charge in [0.25, 0.3) is 0 Å². The van der Waals surface area contributed by atoms with Gasteiger partial charge in [0.15, 0.2) is 5.96 Å². The Morgan fingerprint density at radius 1 is 1.27 bits per heavy atom. The Morgan fingerprint density at radius 3 is 2.82 bits per heavy atom. The summed E-state index contributed by atoms with van der Waals surface area (Å²) in [5.74, 6) is 1.78. The van der Waals surface area contributed by atoms with Crippen LogP contribution in [0.5, 0.6) is 0 Å². The highest BCUT2D eigenvalue weighted by Crippen LogP contribution is 2.26. The van der Waals surface area contributed by atoms with Crippen molar-refractivity contribution >= 4 is 5.96 Å². The molecule has 2 aliphatic heterocycles. The van der Waals surface area contributed by atoms with Gasteiger partial charge < -0.3 is 10.6 Å². The molecule has 3 unspecified atom stereocenters. The lowest BCUT2D eigenvalue weighted by atomic mass is 10.0. The summed E-state index contributed by atoms with van der Waals surface area (Å²) in [6.07, 6.45) is 2.54. The first kappa shape index (κ1) is 15.3. The summed E-state index contributed by atoms with van der Waals surface area (Å²) in [5, 5.41) is 6.80. The second kappa shape index (κ2) is 7.14. The van der Waals surface area contributed by atoms with Gasteiger partial charge in [-0.05, 0) is 38.2 Å². The van der Waals surface area contributed by atoms with Crippen molar-refractivity contribution in [1.29, 1.82) is 0 Å². The molecule has 4 nitrogen and oxygen atoms in total. The third-order valence-electron chi connectivity index (χ3n) is 4.77. The lowest BCUT2D eigenvalue weighted by Crippen LogP contribution is -2.38. The lowest BCUT2D eigenvalue weighted by Gasteiger charge is -2.21. The molecular weight excluding hydrogens is 272 g/mol. The van der Waals surface area contributed by atoms with Gasteiger partial charge >= 0.3 is 0 Å². The second-order valence-electron chi connectivity index (χ2n) is 6.82. The van der Waals surface area contributed by atoms with E-state index in [0.29, 0.717) is 12.1 Å². The zero-order valence-electron chi connectivity index (χ0n) is 13.8. The molecule has 3 atom stereocenters. The minimum atomic E-state index is 0.482. The first-order valence-electron chi connectivity index (χ1n) is 8.53. The van der Waals surface area contributed by atoms with Crippen LogP contribution in [0.1, 0.15) is 32.3 Å². The van der Waals surface area contributed by atoms with E-state index in [1.165, 1.54) is 24.9 Å². The average Bonchev–Trinajstić information content (AvgIpc) is 3.07. The summed E-state index contributed by atoms with van der Waals surface area (Å²) in [5.41, 5.74) is 1.42. The van der Waals surface area contributed by atoms with Crippen molar-refractivity contribution < 1.29 is 0 Å². The zero-order chi connectivity index (χ0) is 15.4. The normalized spacial score (nSPS) is 28.5. The van der Waals surface area contributed by atoms with Crippen molar-refractivity contribution in [2.75, 3.05) is 19.6 Å². The molecule has 0 saturated carbocycles. The van der Waals surface area contributed by atoms with Gasteiger partial charge in [-0.25, -0.2) is 0 Å². The van der Waals surface area contributed by atoms with E-state index in [1.54, 1.807) is 0 Å². The molecule has 0 amide bonds. The Kier molecular flexibility index (Phi) is 4.98. The third kappa shape index (κ3) is 4.01. The van der Waals surface area contributed by atoms with Gasteiger partial charge in [0.2, 0.25) is 0 Å². The van der Waals surface area contributed by atoms with Crippen LogP contribution in [0.2, 0.25) is 0 Å². The topological polar surface area (TPSA) is 39.7 Å². The summed E-state index contributed by atoms with van der Waals surface area (Å²) in [6, 6.07) is 12.0. The SMILES string of the molecule is CC1CN=C(NCCC2CC(C)N(Cc3ccccc3)C2)N1. The molecule has 0 bridgehead atoms. The van der Waals surface area contributed by atoms with Crippen LogP contribution in [-0.2, 0) is 6.54 Å². The van der Waals surface area contributed by atoms with E-state index in [2.05, 4.69) is 64.7 Å². The predicted octanol–water partition coefficient (Wildman–Crippen LogP) is 2.22. The number of guanidine groups is 1. The Bertz CT molecular complexity index is 499. The summed E-state index contributed by atoms with van der Waals surface area (Å²) >= 11 is 0. The van der Waals surface area contributed by atoms with E-state index in [-0.39, 0.29) is 0 Å². The maximum absolute atomic E-state index is 4.45. The molecule has 0 spiro atoms. The van der Waals surface area contributed by atoms with Gasteiger partial charge in [0, 0.05) is 31.7 Å². The minimum absolute atomic E-state index is 0.482. The Morgan fingerprint density at radius 2 is 2.09 bits per heavy atom. The Labute approximate surface area is 134 Å². The van der Waals surface area contributed by atoms with Gasteiger partial charge in [-0.3, -0.25) is 9.89 Å². The van der Waals surface area contributed by atoms with Crippen LogP contribution in [-0.4, -0.2) is 42.6 Å². The molecule has 1 fully saturated rings. The number of aliphatic imine (C=N–C) groups is 1. The van der Waals surface area contributed by atoms with Crippen molar-refractivity contribution in [3.63, 3.8) is 0 Å². The molecule has 4 heteroatoms. The number of nitrogens with zero attached hydrogens (tertiary/aromatic N) is 2. The van der Waals surface area contributed by atoms with E-state index in [9.17, 15) is 0 Å².